The Balaban J connectivity index is 2.24. The minimum Gasteiger partial charge on any atom is -0.409 e. The van der Waals surface area contributed by atoms with E-state index in [1.807, 2.05) is 0 Å². The Kier molecular flexibility index (Phi) is 3.13. The van der Waals surface area contributed by atoms with Crippen molar-refractivity contribution in [2.24, 2.45) is 10.9 Å². The van der Waals surface area contributed by atoms with Crippen LogP contribution in [0.15, 0.2) is 5.16 Å². The molecule has 64 valence electrons. The molecule has 1 heterocycles. The van der Waals surface area contributed by atoms with Crippen molar-refractivity contribution in [3.05, 3.63) is 0 Å². The number of nitrogens with one attached hydrogen (secondary N) is 1. The number of amidine groups is 1. The van der Waals surface area contributed by atoms with Gasteiger partial charge in [0.25, 0.3) is 0 Å². The van der Waals surface area contributed by atoms with Crippen LogP contribution >= 0.6 is 0 Å². The van der Waals surface area contributed by atoms with Crippen LogP contribution in [-0.4, -0.2) is 48.7 Å². The van der Waals surface area contributed by atoms with Gasteiger partial charge in [-0.3, -0.25) is 4.90 Å². The zero-order valence-corrected chi connectivity index (χ0v) is 6.45. The van der Waals surface area contributed by atoms with E-state index in [-0.39, 0.29) is 5.84 Å². The minimum absolute atomic E-state index is 0.284. The van der Waals surface area contributed by atoms with Crippen LogP contribution in [-0.2, 0) is 0 Å². The van der Waals surface area contributed by atoms with Gasteiger partial charge in [0.05, 0.1) is 6.54 Å². The van der Waals surface area contributed by atoms with Gasteiger partial charge in [-0.05, 0) is 0 Å². The van der Waals surface area contributed by atoms with Gasteiger partial charge in [-0.15, -0.1) is 0 Å². The van der Waals surface area contributed by atoms with E-state index in [4.69, 9.17) is 10.9 Å². The Hall–Kier alpha value is -0.810. The fourth-order valence-corrected chi connectivity index (χ4v) is 1.13. The summed E-state index contributed by atoms with van der Waals surface area (Å²) >= 11 is 0. The van der Waals surface area contributed by atoms with Gasteiger partial charge in [0.1, 0.15) is 0 Å². The molecule has 0 unspecified atom stereocenters. The van der Waals surface area contributed by atoms with Gasteiger partial charge in [0, 0.05) is 26.2 Å². The zero-order chi connectivity index (χ0) is 8.10. The molecule has 0 aromatic heterocycles. The van der Waals surface area contributed by atoms with Crippen LogP contribution in [0.4, 0.5) is 0 Å². The molecule has 4 N–H and O–H groups in total. The van der Waals surface area contributed by atoms with E-state index in [1.165, 1.54) is 0 Å². The molecule has 0 aromatic rings. The molecular weight excluding hydrogens is 144 g/mol. The average Bonchev–Trinajstić information content (AvgIpc) is 2.06. The zero-order valence-electron chi connectivity index (χ0n) is 6.45. The summed E-state index contributed by atoms with van der Waals surface area (Å²) in [6.07, 6.45) is 0. The van der Waals surface area contributed by atoms with Crippen LogP contribution in [0.25, 0.3) is 0 Å². The maximum atomic E-state index is 8.29. The highest BCUT2D eigenvalue weighted by atomic mass is 16.4. The monoisotopic (exact) mass is 158 g/mol. The van der Waals surface area contributed by atoms with Crippen molar-refractivity contribution in [2.75, 3.05) is 32.7 Å². The fourth-order valence-electron chi connectivity index (χ4n) is 1.13. The van der Waals surface area contributed by atoms with E-state index < -0.39 is 0 Å². The van der Waals surface area contributed by atoms with Gasteiger partial charge >= 0.3 is 0 Å². The van der Waals surface area contributed by atoms with Crippen LogP contribution in [0.2, 0.25) is 0 Å². The standard InChI is InChI=1S/C6H14N4O/c7-6(9-11)5-10-3-1-8-2-4-10/h8,11H,1-5H2,(H2,7,9). The number of nitrogens with zero attached hydrogens (tertiary/aromatic N) is 2. The summed E-state index contributed by atoms with van der Waals surface area (Å²) in [5, 5.41) is 14.4. The smallest absolute Gasteiger partial charge is 0.153 e. The molecule has 0 atom stereocenters. The molecule has 1 fully saturated rings. The van der Waals surface area contributed by atoms with E-state index in [2.05, 4.69) is 15.4 Å². The van der Waals surface area contributed by atoms with Gasteiger partial charge in [0.2, 0.25) is 0 Å². The summed E-state index contributed by atoms with van der Waals surface area (Å²) in [5.74, 6) is 0.284. The molecule has 1 saturated heterocycles. The van der Waals surface area contributed by atoms with Gasteiger partial charge < -0.3 is 16.3 Å². The third-order valence-corrected chi connectivity index (χ3v) is 1.72. The molecule has 0 aromatic carbocycles. The summed E-state index contributed by atoms with van der Waals surface area (Å²) < 4.78 is 0. The molecule has 5 nitrogen and oxygen atoms in total. The van der Waals surface area contributed by atoms with Crippen molar-refractivity contribution in [1.82, 2.24) is 10.2 Å². The van der Waals surface area contributed by atoms with E-state index in [9.17, 15) is 0 Å². The molecule has 1 rings (SSSR count). The van der Waals surface area contributed by atoms with Crippen LogP contribution in [0.3, 0.4) is 0 Å². The second-order valence-corrected chi connectivity index (χ2v) is 2.62. The molecule has 0 amide bonds. The molecule has 0 spiro atoms. The molecule has 11 heavy (non-hydrogen) atoms. The van der Waals surface area contributed by atoms with Crippen molar-refractivity contribution < 1.29 is 5.21 Å². The first-order valence-electron chi connectivity index (χ1n) is 3.72. The molecule has 0 aliphatic carbocycles. The van der Waals surface area contributed by atoms with Crippen LogP contribution in [0.5, 0.6) is 0 Å². The highest BCUT2D eigenvalue weighted by molar-refractivity contribution is 5.81. The lowest BCUT2D eigenvalue weighted by molar-refractivity contribution is 0.263. The predicted molar refractivity (Wildman–Crippen MR) is 42.7 cm³/mol. The van der Waals surface area contributed by atoms with Gasteiger partial charge in [0.15, 0.2) is 5.84 Å². The Labute approximate surface area is 65.9 Å². The van der Waals surface area contributed by atoms with Crippen molar-refractivity contribution >= 4 is 5.84 Å². The summed E-state index contributed by atoms with van der Waals surface area (Å²) in [6, 6.07) is 0. The quantitative estimate of drug-likeness (QED) is 0.201. The lowest BCUT2D eigenvalue weighted by Crippen LogP contribution is -2.46. The predicted octanol–water partition coefficient (Wildman–Crippen LogP) is -1.36. The maximum absolute atomic E-state index is 8.29. The highest BCUT2D eigenvalue weighted by Gasteiger charge is 2.09. The minimum atomic E-state index is 0.284. The number of piperazine rings is 1. The Morgan fingerprint density at radius 2 is 2.18 bits per heavy atom. The van der Waals surface area contributed by atoms with Crippen molar-refractivity contribution in [1.29, 1.82) is 0 Å². The lowest BCUT2D eigenvalue weighted by atomic mass is 10.3. The third kappa shape index (κ3) is 2.73. The van der Waals surface area contributed by atoms with E-state index >= 15 is 0 Å². The molecule has 1 aliphatic rings. The fraction of sp³-hybridized carbons (Fsp3) is 0.833. The van der Waals surface area contributed by atoms with Crippen LogP contribution in [0, 0.1) is 0 Å². The Morgan fingerprint density at radius 3 is 2.73 bits per heavy atom. The van der Waals surface area contributed by atoms with Crippen LogP contribution < -0.4 is 11.1 Å². The summed E-state index contributed by atoms with van der Waals surface area (Å²) in [7, 11) is 0. The van der Waals surface area contributed by atoms with Gasteiger partial charge in [-0.25, -0.2) is 0 Å². The first-order chi connectivity index (χ1) is 5.33. The Morgan fingerprint density at radius 1 is 1.55 bits per heavy atom. The largest absolute Gasteiger partial charge is 0.409 e. The Bertz CT molecular complexity index is 142. The van der Waals surface area contributed by atoms with E-state index in [1.54, 1.807) is 0 Å². The van der Waals surface area contributed by atoms with E-state index in [0.29, 0.717) is 6.54 Å². The highest BCUT2D eigenvalue weighted by Crippen LogP contribution is 1.90. The second kappa shape index (κ2) is 4.15. The summed E-state index contributed by atoms with van der Waals surface area (Å²) in [5.41, 5.74) is 5.34. The number of nitrogens with two attached hydrogens (primary N) is 1. The number of hydrogen-bond acceptors (Lipinski definition) is 4. The van der Waals surface area contributed by atoms with E-state index in [0.717, 1.165) is 26.2 Å². The van der Waals surface area contributed by atoms with Crippen molar-refractivity contribution in [2.45, 2.75) is 0 Å². The second-order valence-electron chi connectivity index (χ2n) is 2.62. The summed E-state index contributed by atoms with van der Waals surface area (Å²) in [4.78, 5) is 2.14. The van der Waals surface area contributed by atoms with Gasteiger partial charge in [-0.2, -0.15) is 0 Å². The average molecular weight is 158 g/mol. The lowest BCUT2D eigenvalue weighted by Gasteiger charge is -2.26. The molecule has 0 radical (unpaired) electrons. The first-order valence-corrected chi connectivity index (χ1v) is 3.72. The molecule has 5 heteroatoms. The maximum Gasteiger partial charge on any atom is 0.153 e. The number of rotatable bonds is 2. The topological polar surface area (TPSA) is 73.9 Å². The van der Waals surface area contributed by atoms with Gasteiger partial charge in [-0.1, -0.05) is 5.16 Å². The molecule has 0 saturated carbocycles. The third-order valence-electron chi connectivity index (χ3n) is 1.72. The molecule has 1 aliphatic heterocycles. The van der Waals surface area contributed by atoms with Crippen molar-refractivity contribution in [3.8, 4) is 0 Å². The SMILES string of the molecule is NC(CN1CCNCC1)=NO. The molecular formula is C6H14N4O. The van der Waals surface area contributed by atoms with Crippen molar-refractivity contribution in [3.63, 3.8) is 0 Å². The summed E-state index contributed by atoms with van der Waals surface area (Å²) in [6.45, 7) is 4.47. The number of oxime groups is 1. The normalized spacial score (nSPS) is 22.0. The molecule has 0 bridgehead atoms. The van der Waals surface area contributed by atoms with Crippen LogP contribution in [0.1, 0.15) is 0 Å². The number of hydrogen-bond donors (Lipinski definition) is 3. The first kappa shape index (κ1) is 8.29.